The van der Waals surface area contributed by atoms with Crippen LogP contribution in [0.25, 0.3) is 10.9 Å². The monoisotopic (exact) mass is 324 g/mol. The smallest absolute Gasteiger partial charge is 0.272 e. The summed E-state index contributed by atoms with van der Waals surface area (Å²) in [5, 5.41) is 9.02. The molecule has 4 aliphatic rings. The van der Waals surface area contributed by atoms with Crippen molar-refractivity contribution in [1.82, 2.24) is 20.0 Å². The maximum absolute atomic E-state index is 12.9. The van der Waals surface area contributed by atoms with E-state index in [1.807, 2.05) is 0 Å². The van der Waals surface area contributed by atoms with Gasteiger partial charge in [0, 0.05) is 24.5 Å². The zero-order chi connectivity index (χ0) is 16.1. The van der Waals surface area contributed by atoms with Gasteiger partial charge in [-0.25, -0.2) is 0 Å². The number of benzene rings is 1. The van der Waals surface area contributed by atoms with Crippen LogP contribution in [0.5, 0.6) is 0 Å². The number of nitrogens with one attached hydrogen (secondary N) is 1. The highest BCUT2D eigenvalue weighted by molar-refractivity contribution is 6.05. The van der Waals surface area contributed by atoms with Crippen LogP contribution >= 0.6 is 0 Å². The molecule has 0 saturated carbocycles. The van der Waals surface area contributed by atoms with Crippen LogP contribution in [0.3, 0.4) is 0 Å². The summed E-state index contributed by atoms with van der Waals surface area (Å²) >= 11 is 0. The van der Waals surface area contributed by atoms with Gasteiger partial charge < -0.3 is 10.2 Å². The summed E-state index contributed by atoms with van der Waals surface area (Å²) in [6.45, 7) is 4.30. The quantitative estimate of drug-likeness (QED) is 0.921. The zero-order valence-corrected chi connectivity index (χ0v) is 14.0. The molecule has 1 amide bonds. The van der Waals surface area contributed by atoms with Crippen molar-refractivity contribution in [3.05, 3.63) is 29.5 Å². The SMILES string of the molecule is O=C(NC1CN2CCC1CC2)c1nn2c3c(cccc13)CCCC2. The molecule has 24 heavy (non-hydrogen) atoms. The van der Waals surface area contributed by atoms with Crippen molar-refractivity contribution >= 4 is 16.8 Å². The lowest BCUT2D eigenvalue weighted by molar-refractivity contribution is 0.0618. The van der Waals surface area contributed by atoms with Crippen LogP contribution in [0.4, 0.5) is 0 Å². The number of carbonyl (C=O) groups is 1. The molecule has 1 unspecified atom stereocenters. The molecule has 6 rings (SSSR count). The van der Waals surface area contributed by atoms with E-state index in [0.29, 0.717) is 11.6 Å². The molecule has 3 fully saturated rings. The van der Waals surface area contributed by atoms with Crippen molar-refractivity contribution < 1.29 is 4.79 Å². The van der Waals surface area contributed by atoms with E-state index in [1.54, 1.807) is 0 Å². The number of carbonyl (C=O) groups excluding carboxylic acids is 1. The molecule has 1 atom stereocenters. The Bertz CT molecular complexity index is 788. The first-order valence-electron chi connectivity index (χ1n) is 9.31. The van der Waals surface area contributed by atoms with Crippen LogP contribution in [0.1, 0.15) is 41.7 Å². The van der Waals surface area contributed by atoms with E-state index in [-0.39, 0.29) is 11.9 Å². The Morgan fingerprint density at radius 1 is 1.17 bits per heavy atom. The third-order valence-electron chi connectivity index (χ3n) is 6.11. The first-order valence-corrected chi connectivity index (χ1v) is 9.31. The van der Waals surface area contributed by atoms with Gasteiger partial charge in [0.1, 0.15) is 0 Å². The molecule has 1 aromatic heterocycles. The Labute approximate surface area is 142 Å². The van der Waals surface area contributed by atoms with Gasteiger partial charge in [0.15, 0.2) is 5.69 Å². The highest BCUT2D eigenvalue weighted by atomic mass is 16.2. The minimum absolute atomic E-state index is 0.00947. The fourth-order valence-electron chi connectivity index (χ4n) is 4.79. The predicted molar refractivity (Wildman–Crippen MR) is 93.1 cm³/mol. The second-order valence-electron chi connectivity index (χ2n) is 7.56. The van der Waals surface area contributed by atoms with E-state index < -0.39 is 0 Å². The van der Waals surface area contributed by atoms with Gasteiger partial charge >= 0.3 is 0 Å². The zero-order valence-electron chi connectivity index (χ0n) is 14.0. The van der Waals surface area contributed by atoms with Crippen molar-refractivity contribution in [2.24, 2.45) is 5.92 Å². The molecule has 4 aliphatic heterocycles. The summed E-state index contributed by atoms with van der Waals surface area (Å²) < 4.78 is 2.06. The summed E-state index contributed by atoms with van der Waals surface area (Å²) in [5.74, 6) is 0.650. The highest BCUT2D eigenvalue weighted by Gasteiger charge is 2.35. The second kappa shape index (κ2) is 5.59. The van der Waals surface area contributed by atoms with E-state index in [9.17, 15) is 4.79 Å². The summed E-state index contributed by atoms with van der Waals surface area (Å²) in [5.41, 5.74) is 3.12. The Morgan fingerprint density at radius 2 is 2.04 bits per heavy atom. The van der Waals surface area contributed by atoms with Crippen molar-refractivity contribution in [2.75, 3.05) is 19.6 Å². The third-order valence-corrected chi connectivity index (χ3v) is 6.11. The Balaban J connectivity index is 1.47. The maximum atomic E-state index is 12.9. The maximum Gasteiger partial charge on any atom is 0.272 e. The lowest BCUT2D eigenvalue weighted by Gasteiger charge is -2.44. The van der Waals surface area contributed by atoms with E-state index in [4.69, 9.17) is 5.10 Å². The summed E-state index contributed by atoms with van der Waals surface area (Å²) in [4.78, 5) is 15.4. The second-order valence-corrected chi connectivity index (χ2v) is 7.56. The van der Waals surface area contributed by atoms with Gasteiger partial charge in [-0.3, -0.25) is 9.48 Å². The lowest BCUT2D eigenvalue weighted by atomic mass is 9.84. The Kier molecular flexibility index (Phi) is 3.37. The molecule has 3 saturated heterocycles. The van der Waals surface area contributed by atoms with E-state index in [2.05, 4.69) is 33.1 Å². The number of aryl methyl sites for hydroxylation is 2. The van der Waals surface area contributed by atoms with E-state index >= 15 is 0 Å². The molecule has 126 valence electrons. The molecule has 1 aromatic carbocycles. The molecule has 2 aromatic rings. The molecule has 5 heteroatoms. The van der Waals surface area contributed by atoms with E-state index in [0.717, 1.165) is 31.3 Å². The number of fused-ring (bicyclic) bond motifs is 3. The van der Waals surface area contributed by atoms with Crippen molar-refractivity contribution in [3.8, 4) is 0 Å². The van der Waals surface area contributed by atoms with E-state index in [1.165, 1.54) is 43.4 Å². The van der Waals surface area contributed by atoms with Gasteiger partial charge in [-0.15, -0.1) is 0 Å². The molecular weight excluding hydrogens is 300 g/mol. The summed E-state index contributed by atoms with van der Waals surface area (Å²) in [7, 11) is 0. The van der Waals surface area contributed by atoms with Gasteiger partial charge in [-0.2, -0.15) is 5.10 Å². The molecule has 1 N–H and O–H groups in total. The number of nitrogens with zero attached hydrogens (tertiary/aromatic N) is 3. The van der Waals surface area contributed by atoms with Crippen LogP contribution in [-0.4, -0.2) is 46.3 Å². The number of para-hydroxylation sites is 1. The molecular formula is C19H24N4O. The first-order chi connectivity index (χ1) is 11.8. The third kappa shape index (κ3) is 2.25. The van der Waals surface area contributed by atoms with Crippen molar-refractivity contribution in [1.29, 1.82) is 0 Å². The summed E-state index contributed by atoms with van der Waals surface area (Å²) in [6.07, 6.45) is 5.84. The molecule has 0 spiro atoms. The Morgan fingerprint density at radius 3 is 2.83 bits per heavy atom. The van der Waals surface area contributed by atoms with Crippen LogP contribution in [0.15, 0.2) is 18.2 Å². The highest BCUT2D eigenvalue weighted by Crippen LogP contribution is 2.29. The standard InChI is InChI=1S/C19H24N4O/c24-19(20-16-12-22-10-7-13(16)8-11-22)17-15-6-3-5-14-4-1-2-9-23(21-17)18(14)15/h3,5-6,13,16H,1-2,4,7-12H2,(H,20,24). The lowest BCUT2D eigenvalue weighted by Crippen LogP contribution is -2.57. The normalized spacial score (nSPS) is 28.8. The van der Waals surface area contributed by atoms with Crippen LogP contribution in [0.2, 0.25) is 0 Å². The fourth-order valence-corrected chi connectivity index (χ4v) is 4.79. The number of hydrogen-bond acceptors (Lipinski definition) is 3. The predicted octanol–water partition coefficient (Wildman–Crippen LogP) is 2.20. The largest absolute Gasteiger partial charge is 0.346 e. The molecule has 0 radical (unpaired) electrons. The average molecular weight is 324 g/mol. The first kappa shape index (κ1) is 14.5. The molecule has 2 bridgehead atoms. The fraction of sp³-hybridized carbons (Fsp3) is 0.579. The van der Waals surface area contributed by atoms with Gasteiger partial charge in [0.2, 0.25) is 0 Å². The Hall–Kier alpha value is -1.88. The van der Waals surface area contributed by atoms with Crippen LogP contribution in [-0.2, 0) is 13.0 Å². The minimum Gasteiger partial charge on any atom is -0.346 e. The van der Waals surface area contributed by atoms with Crippen molar-refractivity contribution in [3.63, 3.8) is 0 Å². The van der Waals surface area contributed by atoms with Gasteiger partial charge in [-0.05, 0) is 56.7 Å². The number of piperidine rings is 3. The molecule has 5 nitrogen and oxygen atoms in total. The number of aromatic nitrogens is 2. The van der Waals surface area contributed by atoms with Gasteiger partial charge in [0.25, 0.3) is 5.91 Å². The number of rotatable bonds is 2. The van der Waals surface area contributed by atoms with Crippen molar-refractivity contribution in [2.45, 2.75) is 44.7 Å². The van der Waals surface area contributed by atoms with Gasteiger partial charge in [-0.1, -0.05) is 18.2 Å². The number of hydrogen-bond donors (Lipinski definition) is 1. The topological polar surface area (TPSA) is 50.2 Å². The average Bonchev–Trinajstić information content (AvgIpc) is 2.86. The summed E-state index contributed by atoms with van der Waals surface area (Å²) in [6, 6.07) is 6.59. The van der Waals surface area contributed by atoms with Crippen LogP contribution in [0, 0.1) is 5.92 Å². The molecule has 5 heterocycles. The molecule has 0 aliphatic carbocycles. The number of amides is 1. The minimum atomic E-state index is 0.00947. The van der Waals surface area contributed by atoms with Crippen LogP contribution < -0.4 is 5.32 Å². The van der Waals surface area contributed by atoms with Gasteiger partial charge in [0.05, 0.1) is 5.52 Å².